The Kier molecular flexibility index (Phi) is 5.06. The molecule has 2 rings (SSSR count). The Morgan fingerprint density at radius 1 is 1.36 bits per heavy atom. The number of hydrogen-bond acceptors (Lipinski definition) is 3. The van der Waals surface area contributed by atoms with Crippen LogP contribution in [0.1, 0.15) is 44.6 Å². The number of piperidine rings is 1. The minimum Gasteiger partial charge on any atom is -0.618 e. The number of amides is 1. The zero-order valence-corrected chi connectivity index (χ0v) is 14.0. The van der Waals surface area contributed by atoms with Gasteiger partial charge in [0.1, 0.15) is 0 Å². The van der Waals surface area contributed by atoms with E-state index in [4.69, 9.17) is 0 Å². The van der Waals surface area contributed by atoms with Gasteiger partial charge in [-0.2, -0.15) is 4.73 Å². The van der Waals surface area contributed by atoms with Gasteiger partial charge in [-0.15, -0.1) is 0 Å². The molecule has 5 nitrogen and oxygen atoms in total. The first-order chi connectivity index (χ1) is 10.3. The highest BCUT2D eigenvalue weighted by atomic mass is 16.5. The molecule has 1 aromatic rings. The number of nitrogens with one attached hydrogen (secondary N) is 1. The van der Waals surface area contributed by atoms with Crippen LogP contribution < -0.4 is 10.0 Å². The summed E-state index contributed by atoms with van der Waals surface area (Å²) in [7, 11) is 0. The van der Waals surface area contributed by atoms with Crippen LogP contribution in [0.5, 0.6) is 0 Å². The highest BCUT2D eigenvalue weighted by molar-refractivity contribution is 5.90. The molecule has 2 atom stereocenters. The second-order valence-corrected chi connectivity index (χ2v) is 7.26. The van der Waals surface area contributed by atoms with E-state index < -0.39 is 0 Å². The molecular formula is C17H27N3O2. The SMILES string of the molecule is C[C@@H]1C[C@H](C)CN(C(C)(C)CNC(=O)c2cccc[n+]2[O-])C1. The van der Waals surface area contributed by atoms with Crippen LogP contribution in [0.25, 0.3) is 0 Å². The first kappa shape index (κ1) is 16.7. The average Bonchev–Trinajstić information content (AvgIpc) is 2.44. The molecule has 0 unspecified atom stereocenters. The van der Waals surface area contributed by atoms with Crippen LogP contribution in [0.2, 0.25) is 0 Å². The van der Waals surface area contributed by atoms with Gasteiger partial charge in [-0.1, -0.05) is 13.8 Å². The van der Waals surface area contributed by atoms with Crippen molar-refractivity contribution in [2.24, 2.45) is 11.8 Å². The lowest BCUT2D eigenvalue weighted by Gasteiger charge is -2.45. The molecule has 1 N–H and O–H groups in total. The molecule has 0 radical (unpaired) electrons. The van der Waals surface area contributed by atoms with E-state index in [-0.39, 0.29) is 17.1 Å². The predicted molar refractivity (Wildman–Crippen MR) is 86.3 cm³/mol. The van der Waals surface area contributed by atoms with Crippen LogP contribution in [0, 0.1) is 17.0 Å². The zero-order chi connectivity index (χ0) is 16.3. The number of nitrogens with zero attached hydrogens (tertiary/aromatic N) is 2. The van der Waals surface area contributed by atoms with Gasteiger partial charge in [0.2, 0.25) is 0 Å². The summed E-state index contributed by atoms with van der Waals surface area (Å²) in [5.41, 5.74) is 0.0138. The lowest BCUT2D eigenvalue weighted by atomic mass is 9.88. The molecule has 22 heavy (non-hydrogen) atoms. The molecule has 0 saturated carbocycles. The maximum atomic E-state index is 12.2. The zero-order valence-electron chi connectivity index (χ0n) is 14.0. The van der Waals surface area contributed by atoms with E-state index in [0.29, 0.717) is 23.1 Å². The number of pyridine rings is 1. The van der Waals surface area contributed by atoms with Crippen LogP contribution in [-0.2, 0) is 0 Å². The molecule has 0 spiro atoms. The maximum Gasteiger partial charge on any atom is 0.317 e. The summed E-state index contributed by atoms with van der Waals surface area (Å²) < 4.78 is 0.605. The number of carbonyl (C=O) groups excluding carboxylic acids is 1. The van der Waals surface area contributed by atoms with Crippen molar-refractivity contribution in [2.75, 3.05) is 19.6 Å². The van der Waals surface area contributed by atoms with Crippen LogP contribution in [0.4, 0.5) is 0 Å². The Morgan fingerprint density at radius 3 is 2.59 bits per heavy atom. The fraction of sp³-hybridized carbons (Fsp3) is 0.647. The Hall–Kier alpha value is -1.62. The van der Waals surface area contributed by atoms with Crippen molar-refractivity contribution < 1.29 is 9.52 Å². The molecular weight excluding hydrogens is 278 g/mol. The molecule has 0 bridgehead atoms. The largest absolute Gasteiger partial charge is 0.618 e. The van der Waals surface area contributed by atoms with E-state index in [1.165, 1.54) is 12.6 Å². The first-order valence-electron chi connectivity index (χ1n) is 8.01. The lowest BCUT2D eigenvalue weighted by Crippen LogP contribution is -2.56. The Bertz CT molecular complexity index is 520. The van der Waals surface area contributed by atoms with Crippen molar-refractivity contribution in [3.8, 4) is 0 Å². The second kappa shape index (κ2) is 6.65. The first-order valence-corrected chi connectivity index (χ1v) is 8.01. The minimum atomic E-state index is -0.318. The topological polar surface area (TPSA) is 59.3 Å². The Labute approximate surface area is 132 Å². The van der Waals surface area contributed by atoms with E-state index >= 15 is 0 Å². The summed E-state index contributed by atoms with van der Waals surface area (Å²) >= 11 is 0. The number of aromatic nitrogens is 1. The van der Waals surface area contributed by atoms with Crippen molar-refractivity contribution in [3.63, 3.8) is 0 Å². The van der Waals surface area contributed by atoms with E-state index in [1.54, 1.807) is 18.2 Å². The molecule has 1 fully saturated rings. The summed E-state index contributed by atoms with van der Waals surface area (Å²) in [4.78, 5) is 14.6. The summed E-state index contributed by atoms with van der Waals surface area (Å²) in [5, 5.41) is 14.5. The molecule has 2 heterocycles. The monoisotopic (exact) mass is 305 g/mol. The summed E-state index contributed by atoms with van der Waals surface area (Å²) in [6, 6.07) is 4.85. The van der Waals surface area contributed by atoms with Gasteiger partial charge >= 0.3 is 5.91 Å². The van der Waals surface area contributed by atoms with E-state index in [0.717, 1.165) is 13.1 Å². The van der Waals surface area contributed by atoms with E-state index in [2.05, 4.69) is 37.9 Å². The molecule has 5 heteroatoms. The minimum absolute atomic E-state index is 0.124. The van der Waals surface area contributed by atoms with E-state index in [1.807, 2.05) is 0 Å². The third kappa shape index (κ3) is 3.97. The van der Waals surface area contributed by atoms with E-state index in [9.17, 15) is 10.0 Å². The number of hydrogen-bond donors (Lipinski definition) is 1. The number of rotatable bonds is 4. The molecule has 0 aromatic carbocycles. The quantitative estimate of drug-likeness (QED) is 0.682. The van der Waals surface area contributed by atoms with Gasteiger partial charge in [-0.3, -0.25) is 9.69 Å². The highest BCUT2D eigenvalue weighted by Crippen LogP contribution is 2.26. The summed E-state index contributed by atoms with van der Waals surface area (Å²) in [5.74, 6) is 1.04. The fourth-order valence-corrected chi connectivity index (χ4v) is 3.26. The second-order valence-electron chi connectivity index (χ2n) is 7.26. The van der Waals surface area contributed by atoms with Gasteiger partial charge in [0.05, 0.1) is 0 Å². The fourth-order valence-electron chi connectivity index (χ4n) is 3.26. The normalized spacial score (nSPS) is 23.3. The molecule has 1 saturated heterocycles. The molecule has 1 aromatic heterocycles. The van der Waals surface area contributed by atoms with Crippen molar-refractivity contribution >= 4 is 5.91 Å². The average molecular weight is 305 g/mol. The van der Waals surface area contributed by atoms with Crippen molar-refractivity contribution in [1.82, 2.24) is 10.2 Å². The molecule has 122 valence electrons. The van der Waals surface area contributed by atoms with Gasteiger partial charge in [0, 0.05) is 37.3 Å². The number of carbonyl (C=O) groups is 1. The third-order valence-corrected chi connectivity index (χ3v) is 4.46. The summed E-state index contributed by atoms with van der Waals surface area (Å²) in [6.45, 7) is 11.5. The van der Waals surface area contributed by atoms with Gasteiger partial charge in [-0.25, -0.2) is 0 Å². The standard InChI is InChI=1S/C17H27N3O2/c1-13-9-14(2)11-19(10-13)17(3,4)12-18-16(21)15-7-5-6-8-20(15)22/h5-8,13-14H,9-12H2,1-4H3,(H,18,21)/t13-,14+. The number of likely N-dealkylation sites (tertiary alicyclic amines) is 1. The van der Waals surface area contributed by atoms with Crippen molar-refractivity contribution in [2.45, 2.75) is 39.7 Å². The van der Waals surface area contributed by atoms with Crippen LogP contribution in [0.3, 0.4) is 0 Å². The van der Waals surface area contributed by atoms with Crippen LogP contribution in [-0.4, -0.2) is 36.0 Å². The van der Waals surface area contributed by atoms with Crippen LogP contribution in [0.15, 0.2) is 24.4 Å². The molecule has 1 amide bonds. The van der Waals surface area contributed by atoms with Gasteiger partial charge < -0.3 is 10.5 Å². The third-order valence-electron chi connectivity index (χ3n) is 4.46. The smallest absolute Gasteiger partial charge is 0.317 e. The predicted octanol–water partition coefficient (Wildman–Crippen LogP) is 1.81. The van der Waals surface area contributed by atoms with Gasteiger partial charge in [0.15, 0.2) is 6.20 Å². The highest BCUT2D eigenvalue weighted by Gasteiger charge is 2.33. The Balaban J connectivity index is 1.97. The van der Waals surface area contributed by atoms with Crippen molar-refractivity contribution in [3.05, 3.63) is 35.3 Å². The molecule has 1 aliphatic heterocycles. The molecule has 1 aliphatic rings. The summed E-state index contributed by atoms with van der Waals surface area (Å²) in [6.07, 6.45) is 2.60. The van der Waals surface area contributed by atoms with Gasteiger partial charge in [0.25, 0.3) is 5.69 Å². The maximum absolute atomic E-state index is 12.2. The molecule has 0 aliphatic carbocycles. The lowest BCUT2D eigenvalue weighted by molar-refractivity contribution is -0.607. The van der Waals surface area contributed by atoms with Crippen molar-refractivity contribution in [1.29, 1.82) is 0 Å². The Morgan fingerprint density at radius 2 is 2.00 bits per heavy atom. The van der Waals surface area contributed by atoms with Gasteiger partial charge in [-0.05, 0) is 38.2 Å². The van der Waals surface area contributed by atoms with Crippen LogP contribution >= 0.6 is 0 Å².